The first kappa shape index (κ1) is 19.7. The van der Waals surface area contributed by atoms with Crippen LogP contribution in [0.15, 0.2) is 70.5 Å². The highest BCUT2D eigenvalue weighted by Crippen LogP contribution is 2.43. The van der Waals surface area contributed by atoms with E-state index >= 15 is 0 Å². The van der Waals surface area contributed by atoms with Crippen molar-refractivity contribution in [2.75, 3.05) is 0 Å². The van der Waals surface area contributed by atoms with Gasteiger partial charge in [0.2, 0.25) is 5.88 Å². The van der Waals surface area contributed by atoms with E-state index in [1.165, 1.54) is 30.3 Å². The van der Waals surface area contributed by atoms with Crippen molar-refractivity contribution in [3.63, 3.8) is 0 Å². The summed E-state index contributed by atoms with van der Waals surface area (Å²) in [5.41, 5.74) is 6.83. The second-order valence-electron chi connectivity index (χ2n) is 6.77. The van der Waals surface area contributed by atoms with Gasteiger partial charge in [0.1, 0.15) is 34.7 Å². The highest BCUT2D eigenvalue weighted by Gasteiger charge is 2.33. The summed E-state index contributed by atoms with van der Waals surface area (Å²) < 4.78 is 16.7. The number of hydrogen-bond donors (Lipinski definition) is 1. The quantitative estimate of drug-likeness (QED) is 0.291. The molecule has 0 bridgehead atoms. The highest BCUT2D eigenvalue weighted by atomic mass is 16.6. The lowest BCUT2D eigenvalue weighted by atomic mass is 9.87. The van der Waals surface area contributed by atoms with E-state index in [9.17, 15) is 20.2 Å². The topological polar surface area (TPSA) is 142 Å². The number of nitrogens with two attached hydrogens (primary N) is 1. The predicted molar refractivity (Wildman–Crippen MR) is 107 cm³/mol. The molecule has 1 aromatic heterocycles. The van der Waals surface area contributed by atoms with Crippen molar-refractivity contribution in [2.45, 2.75) is 12.8 Å². The molecule has 0 saturated carbocycles. The summed E-state index contributed by atoms with van der Waals surface area (Å²) in [5.74, 6) is 0.429. The first-order chi connectivity index (χ1) is 14.9. The molecule has 1 unspecified atom stereocenters. The Hall–Kier alpha value is -4.58. The van der Waals surface area contributed by atoms with E-state index in [0.717, 1.165) is 0 Å². The summed E-state index contributed by atoms with van der Waals surface area (Å²) >= 11 is 0. The normalized spacial score (nSPS) is 14.9. The second-order valence-corrected chi connectivity index (χ2v) is 6.77. The van der Waals surface area contributed by atoms with Gasteiger partial charge in [-0.15, -0.1) is 0 Å². The zero-order chi connectivity index (χ0) is 22.1. The van der Waals surface area contributed by atoms with Crippen LogP contribution < -0.4 is 15.2 Å². The van der Waals surface area contributed by atoms with Crippen LogP contribution in [-0.2, 0) is 0 Å². The number of esters is 1. The van der Waals surface area contributed by atoms with E-state index in [1.54, 1.807) is 31.2 Å². The van der Waals surface area contributed by atoms with Crippen molar-refractivity contribution >= 4 is 11.7 Å². The minimum atomic E-state index is -0.690. The molecule has 1 aliphatic rings. The van der Waals surface area contributed by atoms with Crippen LogP contribution in [0.1, 0.15) is 33.4 Å². The fourth-order valence-electron chi connectivity index (χ4n) is 3.29. The number of allylic oxidation sites excluding steroid dienone is 1. The Balaban J connectivity index is 1.63. The molecule has 31 heavy (non-hydrogen) atoms. The number of nitrogens with zero attached hydrogens (tertiary/aromatic N) is 2. The van der Waals surface area contributed by atoms with E-state index < -0.39 is 16.8 Å². The number of hydrogen-bond acceptors (Lipinski definition) is 8. The Labute approximate surface area is 176 Å². The molecule has 9 heteroatoms. The van der Waals surface area contributed by atoms with Gasteiger partial charge < -0.3 is 19.6 Å². The number of nitriles is 1. The lowest BCUT2D eigenvalue weighted by Crippen LogP contribution is -2.21. The number of ether oxygens (including phenoxy) is 2. The minimum Gasteiger partial charge on any atom is -0.465 e. The fourth-order valence-corrected chi connectivity index (χ4v) is 3.29. The third-order valence-electron chi connectivity index (χ3n) is 4.76. The third kappa shape index (κ3) is 3.70. The molecule has 1 aliphatic heterocycles. The molecule has 1 atom stereocenters. The molecule has 0 spiro atoms. The molecule has 0 amide bonds. The molecular weight excluding hydrogens is 402 g/mol. The molecule has 154 valence electrons. The number of non-ortho nitro benzene ring substituents is 1. The molecule has 0 aliphatic carbocycles. The monoisotopic (exact) mass is 417 g/mol. The van der Waals surface area contributed by atoms with E-state index in [4.69, 9.17) is 19.6 Å². The smallest absolute Gasteiger partial charge is 0.343 e. The van der Waals surface area contributed by atoms with Gasteiger partial charge in [-0.05, 0) is 37.3 Å². The maximum Gasteiger partial charge on any atom is 0.343 e. The van der Waals surface area contributed by atoms with Gasteiger partial charge in [0, 0.05) is 23.8 Å². The van der Waals surface area contributed by atoms with Crippen LogP contribution in [0.5, 0.6) is 11.5 Å². The van der Waals surface area contributed by atoms with Crippen molar-refractivity contribution in [3.8, 4) is 17.6 Å². The van der Waals surface area contributed by atoms with Gasteiger partial charge >= 0.3 is 5.97 Å². The van der Waals surface area contributed by atoms with Crippen molar-refractivity contribution in [1.82, 2.24) is 0 Å². The van der Waals surface area contributed by atoms with Crippen LogP contribution >= 0.6 is 0 Å². The summed E-state index contributed by atoms with van der Waals surface area (Å²) in [6.45, 7) is 1.80. The number of fused-ring (bicyclic) bond motifs is 1. The number of nitro benzene ring substituents is 1. The number of carbonyl (C=O) groups is 1. The molecular formula is C22H15N3O6. The third-order valence-corrected chi connectivity index (χ3v) is 4.76. The molecule has 0 radical (unpaired) electrons. The first-order valence-electron chi connectivity index (χ1n) is 9.12. The Bertz CT molecular complexity index is 1270. The number of carbonyl (C=O) groups excluding carboxylic acids is 1. The molecule has 4 rings (SSSR count). The maximum absolute atomic E-state index is 12.4. The number of rotatable bonds is 4. The van der Waals surface area contributed by atoms with Gasteiger partial charge in [-0.25, -0.2) is 4.79 Å². The minimum absolute atomic E-state index is 0.0621. The molecule has 0 saturated heterocycles. The van der Waals surface area contributed by atoms with Crippen LogP contribution in [0.2, 0.25) is 0 Å². The Kier molecular flexibility index (Phi) is 4.89. The van der Waals surface area contributed by atoms with Crippen molar-refractivity contribution in [1.29, 1.82) is 5.26 Å². The van der Waals surface area contributed by atoms with E-state index in [-0.39, 0.29) is 28.5 Å². The number of furan rings is 1. The molecule has 9 nitrogen and oxygen atoms in total. The summed E-state index contributed by atoms with van der Waals surface area (Å²) in [7, 11) is 0. The first-order valence-corrected chi connectivity index (χ1v) is 9.12. The fraction of sp³-hybridized carbons (Fsp3) is 0.0909. The van der Waals surface area contributed by atoms with Crippen molar-refractivity contribution in [2.24, 2.45) is 5.73 Å². The molecule has 2 aromatic carbocycles. The van der Waals surface area contributed by atoms with Crippen molar-refractivity contribution in [3.05, 3.63) is 98.8 Å². The number of benzene rings is 2. The standard InChI is InChI=1S/C22H15N3O6/c1-12-2-9-18(29-12)20-16-8-7-15(10-19(16)31-21(24)17(20)11-23)30-22(26)13-3-5-14(6-4-13)25(27)28/h2-10,20H,24H2,1H3. The number of aryl methyl sites for hydroxylation is 1. The summed E-state index contributed by atoms with van der Waals surface area (Å²) in [6, 6.07) is 15.4. The average Bonchev–Trinajstić information content (AvgIpc) is 3.18. The highest BCUT2D eigenvalue weighted by molar-refractivity contribution is 5.91. The Morgan fingerprint density at radius 2 is 1.94 bits per heavy atom. The predicted octanol–water partition coefficient (Wildman–Crippen LogP) is 3.93. The SMILES string of the molecule is Cc1ccc(C2C(C#N)=C(N)Oc3cc(OC(=O)c4ccc([N+](=O)[O-])cc4)ccc32)o1. The van der Waals surface area contributed by atoms with Gasteiger partial charge in [-0.2, -0.15) is 5.26 Å². The molecule has 2 N–H and O–H groups in total. The molecule has 3 aromatic rings. The van der Waals surface area contributed by atoms with Gasteiger partial charge in [-0.3, -0.25) is 10.1 Å². The van der Waals surface area contributed by atoms with Gasteiger partial charge in [0.05, 0.1) is 16.4 Å². The average molecular weight is 417 g/mol. The summed E-state index contributed by atoms with van der Waals surface area (Å²) in [5, 5.41) is 20.3. The van der Waals surface area contributed by atoms with Crippen LogP contribution in [-0.4, -0.2) is 10.9 Å². The van der Waals surface area contributed by atoms with Crippen LogP contribution in [0.3, 0.4) is 0 Å². The van der Waals surface area contributed by atoms with E-state index in [2.05, 4.69) is 6.07 Å². The van der Waals surface area contributed by atoms with Gasteiger partial charge in [0.25, 0.3) is 5.69 Å². The Morgan fingerprint density at radius 3 is 2.55 bits per heavy atom. The summed E-state index contributed by atoms with van der Waals surface area (Å²) in [6.07, 6.45) is 0. The molecule has 0 fully saturated rings. The van der Waals surface area contributed by atoms with Crippen LogP contribution in [0.4, 0.5) is 5.69 Å². The number of nitro groups is 1. The van der Waals surface area contributed by atoms with Crippen molar-refractivity contribution < 1.29 is 23.6 Å². The maximum atomic E-state index is 12.4. The van der Waals surface area contributed by atoms with Gasteiger partial charge in [0.15, 0.2) is 0 Å². The van der Waals surface area contributed by atoms with E-state index in [0.29, 0.717) is 22.8 Å². The Morgan fingerprint density at radius 1 is 1.19 bits per heavy atom. The largest absolute Gasteiger partial charge is 0.465 e. The van der Waals surface area contributed by atoms with E-state index in [1.807, 2.05) is 0 Å². The summed E-state index contributed by atoms with van der Waals surface area (Å²) in [4.78, 5) is 22.6. The van der Waals surface area contributed by atoms with Crippen LogP contribution in [0.25, 0.3) is 0 Å². The second kappa shape index (κ2) is 7.68. The lowest BCUT2D eigenvalue weighted by Gasteiger charge is -2.25. The zero-order valence-electron chi connectivity index (χ0n) is 16.2. The van der Waals surface area contributed by atoms with Gasteiger partial charge in [-0.1, -0.05) is 6.07 Å². The molecule has 2 heterocycles. The lowest BCUT2D eigenvalue weighted by molar-refractivity contribution is -0.384. The van der Waals surface area contributed by atoms with Crippen LogP contribution in [0, 0.1) is 28.4 Å². The zero-order valence-corrected chi connectivity index (χ0v) is 16.2.